The van der Waals surface area contributed by atoms with Crippen molar-refractivity contribution in [3.8, 4) is 17.1 Å². The Hall–Kier alpha value is -1.94. The molecule has 1 aromatic heterocycles. The molecule has 0 saturated heterocycles. The van der Waals surface area contributed by atoms with Gasteiger partial charge in [-0.15, -0.1) is 0 Å². The van der Waals surface area contributed by atoms with Crippen molar-refractivity contribution in [1.29, 1.82) is 0 Å². The smallest absolute Gasteiger partial charge is 0.159 e. The summed E-state index contributed by atoms with van der Waals surface area (Å²) in [4.78, 5) is 9.01. The predicted octanol–water partition coefficient (Wildman–Crippen LogP) is 7.62. The molecule has 0 bridgehead atoms. The number of unbranched alkanes of at least 4 members (excludes halogenated alkanes) is 6. The Labute approximate surface area is 189 Å². The number of nitrogens with zero attached hydrogens (tertiary/aromatic N) is 2. The third-order valence-electron chi connectivity index (χ3n) is 5.79. The quantitative estimate of drug-likeness (QED) is 0.244. The summed E-state index contributed by atoms with van der Waals surface area (Å²) in [5, 5.41) is 0. The molecule has 1 unspecified atom stereocenters. The fourth-order valence-electron chi connectivity index (χ4n) is 3.44. The topological polar surface area (TPSA) is 44.2 Å². The van der Waals surface area contributed by atoms with Crippen LogP contribution in [0.2, 0.25) is 0 Å². The third-order valence-corrected chi connectivity index (χ3v) is 5.79. The summed E-state index contributed by atoms with van der Waals surface area (Å²) in [6.07, 6.45) is 16.3. The van der Waals surface area contributed by atoms with E-state index in [1.165, 1.54) is 51.4 Å². The average molecular weight is 427 g/mol. The molecule has 0 aliphatic rings. The lowest BCUT2D eigenvalue weighted by molar-refractivity contribution is 0.116. The summed E-state index contributed by atoms with van der Waals surface area (Å²) in [6, 6.07) is 8.07. The lowest BCUT2D eigenvalue weighted by atomic mass is 10.0. The van der Waals surface area contributed by atoms with Crippen LogP contribution in [0.15, 0.2) is 36.7 Å². The van der Waals surface area contributed by atoms with Gasteiger partial charge in [-0.3, -0.25) is 0 Å². The maximum Gasteiger partial charge on any atom is 0.159 e. The maximum atomic E-state index is 5.88. The fourth-order valence-corrected chi connectivity index (χ4v) is 3.44. The molecular formula is C27H42N2O2. The van der Waals surface area contributed by atoms with Crippen LogP contribution in [0.3, 0.4) is 0 Å². The van der Waals surface area contributed by atoms with E-state index in [-0.39, 0.29) is 0 Å². The number of hydrogen-bond acceptors (Lipinski definition) is 4. The second-order valence-electron chi connectivity index (χ2n) is 8.62. The van der Waals surface area contributed by atoms with Crippen LogP contribution in [0, 0.1) is 5.92 Å². The van der Waals surface area contributed by atoms with Crippen molar-refractivity contribution in [2.75, 3.05) is 13.2 Å². The van der Waals surface area contributed by atoms with Crippen LogP contribution in [-0.2, 0) is 11.3 Å². The second kappa shape index (κ2) is 15.8. The Morgan fingerprint density at radius 3 is 2.19 bits per heavy atom. The molecule has 0 spiro atoms. The van der Waals surface area contributed by atoms with E-state index in [1.807, 2.05) is 36.7 Å². The number of benzene rings is 1. The summed E-state index contributed by atoms with van der Waals surface area (Å²) >= 11 is 0. The molecule has 0 radical (unpaired) electrons. The Kier molecular flexibility index (Phi) is 12.9. The molecule has 1 aromatic carbocycles. The fraction of sp³-hybridized carbons (Fsp3) is 0.630. The second-order valence-corrected chi connectivity index (χ2v) is 8.62. The van der Waals surface area contributed by atoms with E-state index in [0.29, 0.717) is 6.61 Å². The van der Waals surface area contributed by atoms with E-state index in [9.17, 15) is 0 Å². The van der Waals surface area contributed by atoms with Gasteiger partial charge in [-0.2, -0.15) is 0 Å². The molecule has 4 nitrogen and oxygen atoms in total. The third kappa shape index (κ3) is 10.8. The standard InChI is InChI=1S/C27H42N2O2/c1-4-6-7-8-11-18-30-22-24-20-28-27(29-21-24)25-14-16-26(17-15-25)31-19-12-9-10-13-23(3)5-2/h14-17,20-21,23H,4-13,18-19,22H2,1-3H3. The highest BCUT2D eigenvalue weighted by atomic mass is 16.5. The Bertz CT molecular complexity index is 685. The van der Waals surface area contributed by atoms with E-state index in [0.717, 1.165) is 54.7 Å². The van der Waals surface area contributed by atoms with Crippen molar-refractivity contribution in [3.63, 3.8) is 0 Å². The van der Waals surface area contributed by atoms with Crippen LogP contribution in [0.4, 0.5) is 0 Å². The molecule has 0 aliphatic carbocycles. The van der Waals surface area contributed by atoms with Gasteiger partial charge in [0.2, 0.25) is 0 Å². The van der Waals surface area contributed by atoms with Crippen LogP contribution in [0.5, 0.6) is 5.75 Å². The first kappa shape index (κ1) is 25.3. The van der Waals surface area contributed by atoms with Crippen LogP contribution in [-0.4, -0.2) is 23.2 Å². The molecule has 2 aromatic rings. The molecule has 31 heavy (non-hydrogen) atoms. The van der Waals surface area contributed by atoms with Gasteiger partial charge in [0.25, 0.3) is 0 Å². The molecule has 0 amide bonds. The van der Waals surface area contributed by atoms with E-state index in [4.69, 9.17) is 9.47 Å². The summed E-state index contributed by atoms with van der Waals surface area (Å²) < 4.78 is 11.6. The summed E-state index contributed by atoms with van der Waals surface area (Å²) in [5.74, 6) is 2.49. The molecule has 1 heterocycles. The van der Waals surface area contributed by atoms with Crippen molar-refractivity contribution in [3.05, 3.63) is 42.2 Å². The minimum absolute atomic E-state index is 0.582. The summed E-state index contributed by atoms with van der Waals surface area (Å²) in [6.45, 7) is 9.01. The van der Waals surface area contributed by atoms with Crippen molar-refractivity contribution < 1.29 is 9.47 Å². The van der Waals surface area contributed by atoms with Gasteiger partial charge in [-0.1, -0.05) is 72.1 Å². The normalized spacial score (nSPS) is 12.1. The molecule has 0 N–H and O–H groups in total. The SMILES string of the molecule is CCCCCCCOCc1cnc(-c2ccc(OCCCCCC(C)CC)cc2)nc1. The average Bonchev–Trinajstić information content (AvgIpc) is 2.81. The zero-order valence-electron chi connectivity index (χ0n) is 19.9. The Balaban J connectivity index is 1.65. The van der Waals surface area contributed by atoms with Gasteiger partial charge in [0, 0.05) is 30.1 Å². The molecule has 0 saturated carbocycles. The molecule has 2 rings (SSSR count). The minimum atomic E-state index is 0.582. The minimum Gasteiger partial charge on any atom is -0.494 e. The first-order chi connectivity index (χ1) is 15.2. The molecule has 172 valence electrons. The van der Waals surface area contributed by atoms with Crippen molar-refractivity contribution in [1.82, 2.24) is 9.97 Å². The van der Waals surface area contributed by atoms with E-state index < -0.39 is 0 Å². The van der Waals surface area contributed by atoms with Gasteiger partial charge in [0.15, 0.2) is 5.82 Å². The molecule has 4 heteroatoms. The molecule has 0 fully saturated rings. The monoisotopic (exact) mass is 426 g/mol. The van der Waals surface area contributed by atoms with Gasteiger partial charge in [0.05, 0.1) is 13.2 Å². The number of rotatable bonds is 17. The van der Waals surface area contributed by atoms with E-state index >= 15 is 0 Å². The maximum absolute atomic E-state index is 5.88. The summed E-state index contributed by atoms with van der Waals surface area (Å²) in [5.41, 5.74) is 2.02. The number of ether oxygens (including phenoxy) is 2. The van der Waals surface area contributed by atoms with Crippen molar-refractivity contribution in [2.45, 2.75) is 91.6 Å². The lowest BCUT2D eigenvalue weighted by Gasteiger charge is -2.09. The van der Waals surface area contributed by atoms with Crippen LogP contribution in [0.25, 0.3) is 11.4 Å². The van der Waals surface area contributed by atoms with Crippen LogP contribution in [0.1, 0.15) is 90.5 Å². The highest BCUT2D eigenvalue weighted by molar-refractivity contribution is 5.55. The van der Waals surface area contributed by atoms with Gasteiger partial charge >= 0.3 is 0 Å². The van der Waals surface area contributed by atoms with E-state index in [2.05, 4.69) is 30.7 Å². The largest absolute Gasteiger partial charge is 0.494 e. The molecular weight excluding hydrogens is 384 g/mol. The van der Waals surface area contributed by atoms with Crippen molar-refractivity contribution in [2.24, 2.45) is 5.92 Å². The number of aromatic nitrogens is 2. The van der Waals surface area contributed by atoms with Gasteiger partial charge in [0.1, 0.15) is 5.75 Å². The molecule has 1 atom stereocenters. The van der Waals surface area contributed by atoms with E-state index in [1.54, 1.807) is 0 Å². The van der Waals surface area contributed by atoms with Crippen LogP contribution < -0.4 is 4.74 Å². The van der Waals surface area contributed by atoms with Gasteiger partial charge < -0.3 is 9.47 Å². The Morgan fingerprint density at radius 1 is 0.806 bits per heavy atom. The Morgan fingerprint density at radius 2 is 1.48 bits per heavy atom. The first-order valence-electron chi connectivity index (χ1n) is 12.3. The lowest BCUT2D eigenvalue weighted by Crippen LogP contribution is -1.99. The molecule has 0 aliphatic heterocycles. The zero-order valence-corrected chi connectivity index (χ0v) is 19.9. The predicted molar refractivity (Wildman–Crippen MR) is 129 cm³/mol. The first-order valence-corrected chi connectivity index (χ1v) is 12.3. The summed E-state index contributed by atoms with van der Waals surface area (Å²) in [7, 11) is 0. The van der Waals surface area contributed by atoms with Gasteiger partial charge in [-0.05, 0) is 43.0 Å². The highest BCUT2D eigenvalue weighted by Crippen LogP contribution is 2.20. The zero-order chi connectivity index (χ0) is 22.2. The van der Waals surface area contributed by atoms with Crippen molar-refractivity contribution >= 4 is 0 Å². The number of hydrogen-bond donors (Lipinski definition) is 0. The van der Waals surface area contributed by atoms with Gasteiger partial charge in [-0.25, -0.2) is 9.97 Å². The van der Waals surface area contributed by atoms with Crippen LogP contribution >= 0.6 is 0 Å². The highest BCUT2D eigenvalue weighted by Gasteiger charge is 2.04.